The van der Waals surface area contributed by atoms with Gasteiger partial charge in [-0.25, -0.2) is 4.79 Å². The number of aryl methyl sites for hydroxylation is 3. The highest BCUT2D eigenvalue weighted by atomic mass is 16.4. The molecule has 1 aromatic carbocycles. The smallest absolute Gasteiger partial charge is 0.349 e. The van der Waals surface area contributed by atoms with Gasteiger partial charge in [-0.05, 0) is 42.7 Å². The molecular weight excluding hydrogens is 368 g/mol. The average Bonchev–Trinajstić information content (AvgIpc) is 3.36. The monoisotopic (exact) mass is 390 g/mol. The Bertz CT molecular complexity index is 1190. The number of hydrogen-bond donors (Lipinski definition) is 3. The SMILES string of the molecule is Cc1cc(CCc2c[nH]c3ccccc23)oc(=O)c1C(=O)NCCc1ccn[nH]1. The number of H-pyrrole nitrogens is 2. The Kier molecular flexibility index (Phi) is 5.29. The fourth-order valence-electron chi connectivity index (χ4n) is 3.49. The molecule has 3 heterocycles. The van der Waals surface area contributed by atoms with Crippen LogP contribution in [0, 0.1) is 6.92 Å². The van der Waals surface area contributed by atoms with Crippen molar-refractivity contribution in [2.45, 2.75) is 26.2 Å². The first kappa shape index (κ1) is 18.7. The van der Waals surface area contributed by atoms with Crippen molar-refractivity contribution in [1.82, 2.24) is 20.5 Å². The third-order valence-electron chi connectivity index (χ3n) is 4.98. The Labute approximate surface area is 167 Å². The number of carbonyl (C=O) groups excluding carboxylic acids is 1. The molecular formula is C22H22N4O3. The molecule has 3 aromatic heterocycles. The normalized spacial score (nSPS) is 11.1. The molecule has 3 N–H and O–H groups in total. The summed E-state index contributed by atoms with van der Waals surface area (Å²) in [4.78, 5) is 28.1. The van der Waals surface area contributed by atoms with Gasteiger partial charge in [0.2, 0.25) is 0 Å². The largest absolute Gasteiger partial charge is 0.427 e. The van der Waals surface area contributed by atoms with Crippen LogP contribution in [0.1, 0.15) is 32.9 Å². The lowest BCUT2D eigenvalue weighted by Gasteiger charge is -2.08. The van der Waals surface area contributed by atoms with E-state index in [2.05, 4.69) is 26.6 Å². The highest BCUT2D eigenvalue weighted by molar-refractivity contribution is 5.95. The third-order valence-corrected chi connectivity index (χ3v) is 4.98. The predicted octanol–water partition coefficient (Wildman–Crippen LogP) is 2.91. The molecule has 0 fully saturated rings. The summed E-state index contributed by atoms with van der Waals surface area (Å²) in [6.07, 6.45) is 5.57. The highest BCUT2D eigenvalue weighted by Gasteiger charge is 2.17. The molecule has 0 saturated carbocycles. The summed E-state index contributed by atoms with van der Waals surface area (Å²) in [7, 11) is 0. The third kappa shape index (κ3) is 4.13. The van der Waals surface area contributed by atoms with E-state index in [9.17, 15) is 9.59 Å². The van der Waals surface area contributed by atoms with Gasteiger partial charge in [0.25, 0.3) is 5.91 Å². The van der Waals surface area contributed by atoms with Gasteiger partial charge < -0.3 is 14.7 Å². The van der Waals surface area contributed by atoms with Gasteiger partial charge in [-0.2, -0.15) is 5.10 Å². The summed E-state index contributed by atoms with van der Waals surface area (Å²) < 4.78 is 5.43. The van der Waals surface area contributed by atoms with Crippen molar-refractivity contribution in [1.29, 1.82) is 0 Å². The maximum Gasteiger partial charge on any atom is 0.349 e. The van der Waals surface area contributed by atoms with Crippen molar-refractivity contribution in [2.24, 2.45) is 0 Å². The van der Waals surface area contributed by atoms with Crippen molar-refractivity contribution in [3.8, 4) is 0 Å². The number of hydrogen-bond acceptors (Lipinski definition) is 4. The number of benzene rings is 1. The van der Waals surface area contributed by atoms with E-state index in [0.717, 1.165) is 17.6 Å². The van der Waals surface area contributed by atoms with Gasteiger partial charge in [0, 0.05) is 48.4 Å². The molecule has 7 nitrogen and oxygen atoms in total. The summed E-state index contributed by atoms with van der Waals surface area (Å²) in [6, 6.07) is 11.7. The topological polar surface area (TPSA) is 104 Å². The van der Waals surface area contributed by atoms with E-state index in [-0.39, 0.29) is 5.56 Å². The number of aromatic amines is 2. The van der Waals surface area contributed by atoms with Crippen LogP contribution in [0.5, 0.6) is 0 Å². The summed E-state index contributed by atoms with van der Waals surface area (Å²) in [5.41, 5.74) is 3.25. The van der Waals surface area contributed by atoms with E-state index in [0.29, 0.717) is 30.7 Å². The van der Waals surface area contributed by atoms with E-state index < -0.39 is 11.5 Å². The van der Waals surface area contributed by atoms with Crippen LogP contribution < -0.4 is 10.9 Å². The second kappa shape index (κ2) is 8.18. The Morgan fingerprint density at radius 2 is 2.03 bits per heavy atom. The molecule has 0 bridgehead atoms. The number of rotatable bonds is 7. The molecule has 1 amide bonds. The summed E-state index contributed by atoms with van der Waals surface area (Å²) >= 11 is 0. The van der Waals surface area contributed by atoms with E-state index in [1.54, 1.807) is 19.2 Å². The van der Waals surface area contributed by atoms with Crippen molar-refractivity contribution in [2.75, 3.05) is 6.54 Å². The van der Waals surface area contributed by atoms with Crippen LogP contribution in [0.4, 0.5) is 0 Å². The van der Waals surface area contributed by atoms with Crippen LogP contribution in [0.3, 0.4) is 0 Å². The van der Waals surface area contributed by atoms with Gasteiger partial charge in [-0.1, -0.05) is 18.2 Å². The molecule has 0 aliphatic carbocycles. The second-order valence-electron chi connectivity index (χ2n) is 7.01. The maximum absolute atomic E-state index is 12.4. The minimum Gasteiger partial charge on any atom is -0.427 e. The minimum absolute atomic E-state index is 0.0606. The van der Waals surface area contributed by atoms with Crippen molar-refractivity contribution >= 4 is 16.8 Å². The van der Waals surface area contributed by atoms with Crippen LogP contribution in [0.15, 0.2) is 58.0 Å². The van der Waals surface area contributed by atoms with Crippen LogP contribution in [0.2, 0.25) is 0 Å². The van der Waals surface area contributed by atoms with Crippen molar-refractivity contribution in [3.63, 3.8) is 0 Å². The van der Waals surface area contributed by atoms with E-state index in [4.69, 9.17) is 4.42 Å². The number of fused-ring (bicyclic) bond motifs is 1. The highest BCUT2D eigenvalue weighted by Crippen LogP contribution is 2.19. The summed E-state index contributed by atoms with van der Waals surface area (Å²) in [5.74, 6) is 0.158. The number of amides is 1. The van der Waals surface area contributed by atoms with Gasteiger partial charge in [0.05, 0.1) is 0 Å². The molecule has 0 aliphatic heterocycles. The van der Waals surface area contributed by atoms with E-state index in [1.165, 1.54) is 10.9 Å². The van der Waals surface area contributed by atoms with Gasteiger partial charge >= 0.3 is 5.63 Å². The standard InChI is InChI=1S/C22H22N4O3/c1-14-12-17(7-6-15-13-24-19-5-3-2-4-18(15)19)29-22(28)20(14)21(27)23-10-8-16-9-11-25-26-16/h2-5,9,11-13,24H,6-8,10H2,1H3,(H,23,27)(H,25,26). The number of aromatic nitrogens is 3. The van der Waals surface area contributed by atoms with Crippen LogP contribution in [-0.2, 0) is 19.3 Å². The Morgan fingerprint density at radius 1 is 1.17 bits per heavy atom. The van der Waals surface area contributed by atoms with Gasteiger partial charge in [0.1, 0.15) is 11.3 Å². The second-order valence-corrected chi connectivity index (χ2v) is 7.01. The van der Waals surface area contributed by atoms with Crippen LogP contribution >= 0.6 is 0 Å². The molecule has 148 valence electrons. The first-order valence-corrected chi connectivity index (χ1v) is 9.57. The fraction of sp³-hybridized carbons (Fsp3) is 0.227. The minimum atomic E-state index is -0.599. The Balaban J connectivity index is 1.42. The van der Waals surface area contributed by atoms with Crippen LogP contribution in [0.25, 0.3) is 10.9 Å². The number of nitrogens with zero attached hydrogens (tertiary/aromatic N) is 1. The van der Waals surface area contributed by atoms with E-state index in [1.807, 2.05) is 30.5 Å². The zero-order valence-corrected chi connectivity index (χ0v) is 16.1. The van der Waals surface area contributed by atoms with Crippen molar-refractivity contribution < 1.29 is 9.21 Å². The molecule has 29 heavy (non-hydrogen) atoms. The molecule has 0 spiro atoms. The molecule has 0 radical (unpaired) electrons. The van der Waals surface area contributed by atoms with E-state index >= 15 is 0 Å². The van der Waals surface area contributed by atoms with Gasteiger partial charge in [-0.15, -0.1) is 0 Å². The number of carbonyl (C=O) groups is 1. The molecule has 0 saturated heterocycles. The quantitative estimate of drug-likeness (QED) is 0.451. The Hall–Kier alpha value is -3.61. The molecule has 0 atom stereocenters. The summed E-state index contributed by atoms with van der Waals surface area (Å²) in [5, 5.41) is 10.6. The number of para-hydroxylation sites is 1. The fourth-order valence-corrected chi connectivity index (χ4v) is 3.49. The van der Waals surface area contributed by atoms with Gasteiger partial charge in [0.15, 0.2) is 0 Å². The van der Waals surface area contributed by atoms with Crippen LogP contribution in [-0.4, -0.2) is 27.6 Å². The zero-order valence-electron chi connectivity index (χ0n) is 16.1. The zero-order chi connectivity index (χ0) is 20.2. The lowest BCUT2D eigenvalue weighted by atomic mass is 10.1. The molecule has 0 aliphatic rings. The molecule has 0 unspecified atom stereocenters. The average molecular weight is 390 g/mol. The van der Waals surface area contributed by atoms with Gasteiger partial charge in [-0.3, -0.25) is 9.89 Å². The first-order valence-electron chi connectivity index (χ1n) is 9.57. The predicted molar refractivity (Wildman–Crippen MR) is 110 cm³/mol. The lowest BCUT2D eigenvalue weighted by Crippen LogP contribution is -2.31. The van der Waals surface area contributed by atoms with Crippen molar-refractivity contribution in [3.05, 3.63) is 87.4 Å². The Morgan fingerprint density at radius 3 is 2.83 bits per heavy atom. The first-order chi connectivity index (χ1) is 14.1. The lowest BCUT2D eigenvalue weighted by molar-refractivity contribution is 0.0949. The number of nitrogens with one attached hydrogen (secondary N) is 3. The maximum atomic E-state index is 12.4. The molecule has 4 aromatic rings. The molecule has 4 rings (SSSR count). The summed E-state index contributed by atoms with van der Waals surface area (Å²) in [6.45, 7) is 2.16. The molecule has 7 heteroatoms.